The molecule has 3 nitrogen and oxygen atoms in total. The average Bonchev–Trinajstić information content (AvgIpc) is 0. The van der Waals surface area contributed by atoms with Crippen LogP contribution in [0.5, 0.6) is 0 Å². The van der Waals surface area contributed by atoms with Crippen LogP contribution in [0.4, 0.5) is 0 Å². The van der Waals surface area contributed by atoms with Gasteiger partial charge >= 0.3 is 59.8 Å². The Morgan fingerprint density at radius 2 is 0.600 bits per heavy atom. The summed E-state index contributed by atoms with van der Waals surface area (Å²) < 4.78 is 0. The molecule has 0 aromatic heterocycles. The molecule has 0 heterocycles. The first kappa shape index (κ1) is 77.0. The van der Waals surface area contributed by atoms with Gasteiger partial charge in [-0.15, -0.1) is 0 Å². The zero-order chi connectivity index (χ0) is 0. The topological polar surface area (TPSA) is 85.5 Å². The van der Waals surface area contributed by atoms with Crippen molar-refractivity contribution in [2.24, 2.45) is 0 Å². The van der Waals surface area contributed by atoms with Crippen LogP contribution in [0.3, 0.4) is 0 Å². The van der Waals surface area contributed by atoms with Gasteiger partial charge in [-0.25, -0.2) is 0 Å². The molecule has 0 saturated carbocycles. The monoisotopic (exact) mass is 214 g/mol. The van der Waals surface area contributed by atoms with Crippen molar-refractivity contribution in [3.63, 3.8) is 0 Å². The second kappa shape index (κ2) is 44.4. The van der Waals surface area contributed by atoms with E-state index in [1.807, 2.05) is 0 Å². The Bertz CT molecular complexity index is 6.85. The summed E-state index contributed by atoms with van der Waals surface area (Å²) in [4.78, 5) is 0. The molecule has 0 unspecified atom stereocenters. The average molecular weight is 213 g/mol. The first-order valence-electron chi connectivity index (χ1n) is 0. The molecule has 5 heavy (non-hydrogen) atoms. The maximum absolute atomic E-state index is 0. The standard InChI is InChI=1S/Ba.3O.Si/q+2;3*-2;+4. The van der Waals surface area contributed by atoms with E-state index in [4.69, 9.17) is 0 Å². The minimum Gasteiger partial charge on any atom is -2.00 e. The van der Waals surface area contributed by atoms with Crippen LogP contribution < -0.4 is 0 Å². The molecule has 5 heteroatoms. The molecular weight excluding hydrogens is 213 g/mol. The van der Waals surface area contributed by atoms with Gasteiger partial charge in [-0.3, -0.25) is 0 Å². The van der Waals surface area contributed by atoms with E-state index in [2.05, 4.69) is 0 Å². The predicted molar refractivity (Wildman–Crippen MR) is 13.6 cm³/mol. The van der Waals surface area contributed by atoms with Crippen LogP contribution >= 0.6 is 0 Å². The number of hydrogen-bond donors (Lipinski definition) is 0. The van der Waals surface area contributed by atoms with Gasteiger partial charge in [0.15, 0.2) is 0 Å². The summed E-state index contributed by atoms with van der Waals surface area (Å²) in [7, 11) is 0. The SMILES string of the molecule is [Ba+2].[O-2].[O-2].[O-2].[Si+4]. The van der Waals surface area contributed by atoms with Crippen LogP contribution in [0.15, 0.2) is 0 Å². The first-order chi connectivity index (χ1) is 0. The summed E-state index contributed by atoms with van der Waals surface area (Å²) in [5.41, 5.74) is 0. The van der Waals surface area contributed by atoms with Crippen LogP contribution in [0.1, 0.15) is 0 Å². The molecule has 0 bridgehead atoms. The molecule has 0 amide bonds. The fraction of sp³-hybridized carbons (Fsp3) is 0. The molecule has 0 radical (unpaired) electrons. The van der Waals surface area contributed by atoms with E-state index in [0.29, 0.717) is 0 Å². The van der Waals surface area contributed by atoms with Gasteiger partial charge in [0, 0.05) is 0 Å². The van der Waals surface area contributed by atoms with Gasteiger partial charge in [0.05, 0.1) is 0 Å². The normalized spacial score (nSPS) is 0. The molecule has 0 fully saturated rings. The summed E-state index contributed by atoms with van der Waals surface area (Å²) in [5, 5.41) is 0. The van der Waals surface area contributed by atoms with E-state index in [-0.39, 0.29) is 76.3 Å². The van der Waals surface area contributed by atoms with E-state index < -0.39 is 0 Å². The molecule has 24 valence electrons. The van der Waals surface area contributed by atoms with Gasteiger partial charge in [0.2, 0.25) is 0 Å². The third-order valence-electron chi connectivity index (χ3n) is 0. The predicted octanol–water partition coefficient (Wildman–Crippen LogP) is -1.12. The van der Waals surface area contributed by atoms with Gasteiger partial charge < -0.3 is 16.4 Å². The molecule has 0 rings (SSSR count). The van der Waals surface area contributed by atoms with Crippen molar-refractivity contribution in [3.05, 3.63) is 0 Å². The smallest absolute Gasteiger partial charge is 2.00 e. The van der Waals surface area contributed by atoms with Crippen molar-refractivity contribution in [2.45, 2.75) is 0 Å². The minimum atomic E-state index is 0. The van der Waals surface area contributed by atoms with Crippen molar-refractivity contribution < 1.29 is 16.4 Å². The molecule has 0 aliphatic carbocycles. The van der Waals surface area contributed by atoms with Crippen molar-refractivity contribution >= 4 is 59.8 Å². The van der Waals surface area contributed by atoms with Crippen molar-refractivity contribution in [3.8, 4) is 0 Å². The zero-order valence-corrected chi connectivity index (χ0v) is 7.87. The Morgan fingerprint density at radius 3 is 0.600 bits per heavy atom. The summed E-state index contributed by atoms with van der Waals surface area (Å²) in [5.74, 6) is 0. The van der Waals surface area contributed by atoms with Crippen molar-refractivity contribution in [1.29, 1.82) is 0 Å². The van der Waals surface area contributed by atoms with Crippen LogP contribution in [0, 0.1) is 0 Å². The van der Waals surface area contributed by atoms with Gasteiger partial charge in [-0.1, -0.05) is 0 Å². The molecule has 0 N–H and O–H groups in total. The summed E-state index contributed by atoms with van der Waals surface area (Å²) >= 11 is 0. The molecular formula is BaO3Si. The molecule has 0 aliphatic heterocycles. The van der Waals surface area contributed by atoms with E-state index in [1.165, 1.54) is 0 Å². The Labute approximate surface area is 75.2 Å². The number of rotatable bonds is 0. The Hall–Kier alpha value is 1.67. The third kappa shape index (κ3) is 27.4. The maximum Gasteiger partial charge on any atom is 4.00 e. The van der Waals surface area contributed by atoms with Crippen LogP contribution in [0.25, 0.3) is 0 Å². The van der Waals surface area contributed by atoms with Crippen molar-refractivity contribution in [2.75, 3.05) is 0 Å². The summed E-state index contributed by atoms with van der Waals surface area (Å²) in [6.45, 7) is 0. The molecule has 0 aliphatic rings. The molecule has 0 aromatic rings. The van der Waals surface area contributed by atoms with E-state index in [9.17, 15) is 0 Å². The fourth-order valence-electron chi connectivity index (χ4n) is 0. The Morgan fingerprint density at radius 1 is 0.600 bits per heavy atom. The fourth-order valence-corrected chi connectivity index (χ4v) is 0. The zero-order valence-electron chi connectivity index (χ0n) is 2.43. The maximum atomic E-state index is 0. The second-order valence-electron chi connectivity index (χ2n) is 0. The van der Waals surface area contributed by atoms with E-state index >= 15 is 0 Å². The molecule has 0 atom stereocenters. The summed E-state index contributed by atoms with van der Waals surface area (Å²) in [6.07, 6.45) is 0. The Kier molecular flexibility index (Phi) is 683. The van der Waals surface area contributed by atoms with Gasteiger partial charge in [0.25, 0.3) is 0 Å². The molecule has 0 saturated heterocycles. The Balaban J connectivity index is 0. The third-order valence-corrected chi connectivity index (χ3v) is 0. The first-order valence-corrected chi connectivity index (χ1v) is 0. The van der Waals surface area contributed by atoms with Crippen LogP contribution in [-0.4, -0.2) is 59.8 Å². The van der Waals surface area contributed by atoms with Gasteiger partial charge in [0.1, 0.15) is 0 Å². The van der Waals surface area contributed by atoms with Gasteiger partial charge in [-0.05, 0) is 0 Å². The minimum absolute atomic E-state index is 0. The summed E-state index contributed by atoms with van der Waals surface area (Å²) in [6, 6.07) is 0. The second-order valence-corrected chi connectivity index (χ2v) is 0. The van der Waals surface area contributed by atoms with Crippen LogP contribution in [-0.2, 0) is 16.4 Å². The van der Waals surface area contributed by atoms with Crippen LogP contribution in [0.2, 0.25) is 0 Å². The largest absolute Gasteiger partial charge is 4.00 e. The molecule has 0 spiro atoms. The van der Waals surface area contributed by atoms with Gasteiger partial charge in [-0.2, -0.15) is 0 Å². The van der Waals surface area contributed by atoms with E-state index in [0.717, 1.165) is 0 Å². The number of hydrogen-bond acceptors (Lipinski definition) is 0. The van der Waals surface area contributed by atoms with E-state index in [1.54, 1.807) is 0 Å². The quantitative estimate of drug-likeness (QED) is 0.457. The molecule has 0 aromatic carbocycles. The van der Waals surface area contributed by atoms with Crippen molar-refractivity contribution in [1.82, 2.24) is 0 Å².